The summed E-state index contributed by atoms with van der Waals surface area (Å²) in [6, 6.07) is 14.3. The molecule has 0 fully saturated rings. The number of para-hydroxylation sites is 1. The SMILES string of the molecule is O=C(NCCNS(=O)(=O)c1ccccc1)c1nn(-c2ccccc2F)c2c1CCC2. The normalized spacial score (nSPS) is 13.2. The van der Waals surface area contributed by atoms with Crippen LogP contribution >= 0.6 is 0 Å². The van der Waals surface area contributed by atoms with Crippen molar-refractivity contribution in [2.75, 3.05) is 13.1 Å². The second-order valence-electron chi connectivity index (χ2n) is 6.96. The van der Waals surface area contributed by atoms with E-state index in [0.717, 1.165) is 24.1 Å². The van der Waals surface area contributed by atoms with Gasteiger partial charge in [-0.2, -0.15) is 5.10 Å². The molecular formula is C21H21FN4O3S. The smallest absolute Gasteiger partial charge is 0.272 e. The molecule has 1 amide bonds. The Bertz CT molecular complexity index is 1180. The minimum Gasteiger partial charge on any atom is -0.349 e. The van der Waals surface area contributed by atoms with Crippen molar-refractivity contribution in [3.05, 3.63) is 77.4 Å². The van der Waals surface area contributed by atoms with Gasteiger partial charge in [0.25, 0.3) is 5.91 Å². The highest BCUT2D eigenvalue weighted by atomic mass is 32.2. The number of benzene rings is 2. The fourth-order valence-electron chi connectivity index (χ4n) is 3.57. The number of amides is 1. The van der Waals surface area contributed by atoms with Gasteiger partial charge in [0.2, 0.25) is 10.0 Å². The summed E-state index contributed by atoms with van der Waals surface area (Å²) in [5, 5.41) is 7.06. The molecule has 3 aromatic rings. The van der Waals surface area contributed by atoms with Gasteiger partial charge in [-0.25, -0.2) is 22.2 Å². The molecule has 0 aliphatic heterocycles. The Morgan fingerprint density at radius 2 is 1.77 bits per heavy atom. The van der Waals surface area contributed by atoms with E-state index in [1.807, 2.05) is 0 Å². The van der Waals surface area contributed by atoms with Gasteiger partial charge in [0.05, 0.1) is 4.90 Å². The number of hydrogen-bond acceptors (Lipinski definition) is 4. The first-order chi connectivity index (χ1) is 14.5. The maximum absolute atomic E-state index is 14.2. The van der Waals surface area contributed by atoms with Crippen LogP contribution in [0.1, 0.15) is 28.2 Å². The van der Waals surface area contributed by atoms with Gasteiger partial charge >= 0.3 is 0 Å². The van der Waals surface area contributed by atoms with E-state index < -0.39 is 21.7 Å². The van der Waals surface area contributed by atoms with Crippen LogP contribution in [0.4, 0.5) is 4.39 Å². The lowest BCUT2D eigenvalue weighted by molar-refractivity contribution is 0.0948. The van der Waals surface area contributed by atoms with Gasteiger partial charge < -0.3 is 5.32 Å². The third-order valence-corrected chi connectivity index (χ3v) is 6.46. The molecule has 1 aliphatic rings. The zero-order valence-electron chi connectivity index (χ0n) is 16.1. The maximum atomic E-state index is 14.2. The first-order valence-corrected chi connectivity index (χ1v) is 11.1. The Balaban J connectivity index is 1.44. The lowest BCUT2D eigenvalue weighted by Crippen LogP contribution is -2.35. The van der Waals surface area contributed by atoms with E-state index in [4.69, 9.17) is 0 Å². The minimum absolute atomic E-state index is 0.0409. The molecule has 4 rings (SSSR count). The van der Waals surface area contributed by atoms with Crippen molar-refractivity contribution in [1.82, 2.24) is 19.8 Å². The molecule has 156 valence electrons. The summed E-state index contributed by atoms with van der Waals surface area (Å²) in [4.78, 5) is 12.8. The van der Waals surface area contributed by atoms with Gasteiger partial charge in [0.1, 0.15) is 11.5 Å². The lowest BCUT2D eigenvalue weighted by atomic mass is 10.2. The van der Waals surface area contributed by atoms with Crippen LogP contribution < -0.4 is 10.0 Å². The van der Waals surface area contributed by atoms with Crippen molar-refractivity contribution in [1.29, 1.82) is 0 Å². The van der Waals surface area contributed by atoms with Crippen molar-refractivity contribution in [2.45, 2.75) is 24.2 Å². The van der Waals surface area contributed by atoms with Gasteiger partial charge in [0.15, 0.2) is 5.69 Å². The fourth-order valence-corrected chi connectivity index (χ4v) is 4.62. The standard InChI is InChI=1S/C21H21FN4O3S/c22-17-10-4-5-11-19(17)26-18-12-6-9-16(18)20(25-26)21(27)23-13-14-24-30(28,29)15-7-2-1-3-8-15/h1-5,7-8,10-11,24H,6,9,12-14H2,(H,23,27). The van der Waals surface area contributed by atoms with E-state index in [0.29, 0.717) is 12.1 Å². The van der Waals surface area contributed by atoms with Crippen LogP contribution in [0.5, 0.6) is 0 Å². The molecule has 2 N–H and O–H groups in total. The Morgan fingerprint density at radius 1 is 1.03 bits per heavy atom. The molecule has 0 radical (unpaired) electrons. The summed E-state index contributed by atoms with van der Waals surface area (Å²) in [5.74, 6) is -0.806. The topological polar surface area (TPSA) is 93.1 Å². The molecule has 9 heteroatoms. The summed E-state index contributed by atoms with van der Waals surface area (Å²) < 4.78 is 42.6. The molecule has 2 aromatic carbocycles. The Hall–Kier alpha value is -3.04. The summed E-state index contributed by atoms with van der Waals surface area (Å²) in [6.07, 6.45) is 2.30. The number of nitrogens with one attached hydrogen (secondary N) is 2. The van der Waals surface area contributed by atoms with Gasteiger partial charge in [-0.1, -0.05) is 30.3 Å². The van der Waals surface area contributed by atoms with Crippen LogP contribution in [0, 0.1) is 5.82 Å². The highest BCUT2D eigenvalue weighted by Gasteiger charge is 2.27. The van der Waals surface area contributed by atoms with Crippen molar-refractivity contribution in [3.8, 4) is 5.69 Å². The van der Waals surface area contributed by atoms with Crippen LogP contribution in [0.3, 0.4) is 0 Å². The molecule has 0 spiro atoms. The van der Waals surface area contributed by atoms with Crippen LogP contribution in [0.2, 0.25) is 0 Å². The molecular weight excluding hydrogens is 407 g/mol. The minimum atomic E-state index is -3.63. The van der Waals surface area contributed by atoms with Crippen molar-refractivity contribution in [2.24, 2.45) is 0 Å². The quantitative estimate of drug-likeness (QED) is 0.565. The highest BCUT2D eigenvalue weighted by molar-refractivity contribution is 7.89. The van der Waals surface area contributed by atoms with E-state index in [-0.39, 0.29) is 23.7 Å². The predicted octanol–water partition coefficient (Wildman–Crippen LogP) is 2.21. The van der Waals surface area contributed by atoms with E-state index in [1.54, 1.807) is 36.4 Å². The number of aromatic nitrogens is 2. The van der Waals surface area contributed by atoms with Crippen LogP contribution in [0.15, 0.2) is 59.5 Å². The molecule has 0 saturated carbocycles. The molecule has 1 aromatic heterocycles. The zero-order chi connectivity index (χ0) is 21.1. The Morgan fingerprint density at radius 3 is 2.53 bits per heavy atom. The fraction of sp³-hybridized carbons (Fsp3) is 0.238. The van der Waals surface area contributed by atoms with Crippen molar-refractivity contribution < 1.29 is 17.6 Å². The molecule has 1 aliphatic carbocycles. The van der Waals surface area contributed by atoms with Gasteiger partial charge in [0, 0.05) is 24.3 Å². The van der Waals surface area contributed by atoms with Crippen LogP contribution in [-0.2, 0) is 22.9 Å². The highest BCUT2D eigenvalue weighted by Crippen LogP contribution is 2.28. The van der Waals surface area contributed by atoms with E-state index in [1.165, 1.54) is 22.9 Å². The summed E-state index contributed by atoms with van der Waals surface area (Å²) >= 11 is 0. The Kier molecular flexibility index (Phi) is 5.65. The number of fused-ring (bicyclic) bond motifs is 1. The summed E-state index contributed by atoms with van der Waals surface area (Å²) in [6.45, 7) is 0.144. The third-order valence-electron chi connectivity index (χ3n) is 4.98. The Labute approximate surface area is 174 Å². The number of nitrogens with zero attached hydrogens (tertiary/aromatic N) is 2. The molecule has 0 unspecified atom stereocenters. The second-order valence-corrected chi connectivity index (χ2v) is 8.72. The monoisotopic (exact) mass is 428 g/mol. The van der Waals surface area contributed by atoms with Gasteiger partial charge in [-0.15, -0.1) is 0 Å². The average Bonchev–Trinajstić information content (AvgIpc) is 3.35. The van der Waals surface area contributed by atoms with Gasteiger partial charge in [-0.3, -0.25) is 4.79 Å². The van der Waals surface area contributed by atoms with Crippen LogP contribution in [-0.4, -0.2) is 37.2 Å². The van der Waals surface area contributed by atoms with Crippen molar-refractivity contribution >= 4 is 15.9 Å². The number of rotatable bonds is 7. The van der Waals surface area contributed by atoms with E-state index in [9.17, 15) is 17.6 Å². The first-order valence-electron chi connectivity index (χ1n) is 9.66. The summed E-state index contributed by atoms with van der Waals surface area (Å²) in [5.41, 5.74) is 2.23. The number of sulfonamides is 1. The molecule has 7 nitrogen and oxygen atoms in total. The third kappa shape index (κ3) is 3.99. The molecule has 0 bridgehead atoms. The number of carbonyl (C=O) groups is 1. The van der Waals surface area contributed by atoms with E-state index in [2.05, 4.69) is 15.1 Å². The summed E-state index contributed by atoms with van der Waals surface area (Å²) in [7, 11) is -3.63. The average molecular weight is 428 g/mol. The maximum Gasteiger partial charge on any atom is 0.272 e. The number of carbonyl (C=O) groups excluding carboxylic acids is 1. The largest absolute Gasteiger partial charge is 0.349 e. The lowest BCUT2D eigenvalue weighted by Gasteiger charge is -2.08. The number of hydrogen-bond donors (Lipinski definition) is 2. The van der Waals surface area contributed by atoms with Crippen LogP contribution in [0.25, 0.3) is 5.69 Å². The molecule has 0 saturated heterocycles. The molecule has 1 heterocycles. The zero-order valence-corrected chi connectivity index (χ0v) is 17.0. The van der Waals surface area contributed by atoms with E-state index >= 15 is 0 Å². The predicted molar refractivity (Wildman–Crippen MR) is 110 cm³/mol. The number of halogens is 1. The second kappa shape index (κ2) is 8.37. The molecule has 0 atom stereocenters. The van der Waals surface area contributed by atoms with Gasteiger partial charge in [-0.05, 0) is 43.5 Å². The molecule has 30 heavy (non-hydrogen) atoms. The first kappa shape index (κ1) is 20.2. The van der Waals surface area contributed by atoms with Crippen molar-refractivity contribution in [3.63, 3.8) is 0 Å².